The van der Waals surface area contributed by atoms with Gasteiger partial charge in [0.2, 0.25) is 5.91 Å². The van der Waals surface area contributed by atoms with Crippen LogP contribution in [0.5, 0.6) is 0 Å². The molecule has 3 rings (SSSR count). The summed E-state index contributed by atoms with van der Waals surface area (Å²) < 4.78 is 10.8. The Morgan fingerprint density at radius 1 is 1.33 bits per heavy atom. The fraction of sp³-hybridized carbons (Fsp3) is 0.667. The third-order valence-corrected chi connectivity index (χ3v) is 5.04. The highest BCUT2D eigenvalue weighted by molar-refractivity contribution is 7.10. The van der Waals surface area contributed by atoms with E-state index < -0.39 is 0 Å². The molecule has 1 aromatic heterocycles. The van der Waals surface area contributed by atoms with Gasteiger partial charge >= 0.3 is 0 Å². The molecule has 24 heavy (non-hydrogen) atoms. The molecule has 6 nitrogen and oxygen atoms in total. The van der Waals surface area contributed by atoms with E-state index in [1.165, 1.54) is 4.88 Å². The van der Waals surface area contributed by atoms with Crippen molar-refractivity contribution in [1.29, 1.82) is 0 Å². The van der Waals surface area contributed by atoms with E-state index in [0.717, 1.165) is 32.8 Å². The first-order valence-electron chi connectivity index (χ1n) is 7.78. The lowest BCUT2D eigenvalue weighted by atomic mass is 10.1. The largest absolute Gasteiger partial charge is 0.379 e. The average molecular weight is 398 g/mol. The van der Waals surface area contributed by atoms with Gasteiger partial charge in [-0.15, -0.1) is 36.2 Å². The molecule has 0 bridgehead atoms. The van der Waals surface area contributed by atoms with E-state index in [2.05, 4.69) is 33.0 Å². The lowest BCUT2D eigenvalue weighted by Gasteiger charge is -2.34. The van der Waals surface area contributed by atoms with Crippen LogP contribution in [0.2, 0.25) is 0 Å². The van der Waals surface area contributed by atoms with Crippen LogP contribution in [-0.2, 0) is 14.3 Å². The van der Waals surface area contributed by atoms with Crippen LogP contribution in [0, 0.1) is 0 Å². The van der Waals surface area contributed by atoms with Crippen molar-refractivity contribution in [3.63, 3.8) is 0 Å². The van der Waals surface area contributed by atoms with E-state index >= 15 is 0 Å². The Bertz CT molecular complexity index is 467. The second kappa shape index (κ2) is 11.3. The number of rotatable bonds is 5. The highest BCUT2D eigenvalue weighted by atomic mass is 35.5. The molecule has 1 amide bonds. The summed E-state index contributed by atoms with van der Waals surface area (Å²) in [5.41, 5.74) is 0. The lowest BCUT2D eigenvalue weighted by molar-refractivity contribution is -0.126. The van der Waals surface area contributed by atoms with Crippen LogP contribution in [-0.4, -0.2) is 69.5 Å². The summed E-state index contributed by atoms with van der Waals surface area (Å²) in [7, 11) is 0. The summed E-state index contributed by atoms with van der Waals surface area (Å²) in [6, 6.07) is 4.19. The number of thiophene rings is 1. The Morgan fingerprint density at radius 3 is 2.75 bits per heavy atom. The molecule has 1 aromatic rings. The molecule has 0 aromatic carbocycles. The van der Waals surface area contributed by atoms with Crippen molar-refractivity contribution >= 4 is 42.1 Å². The van der Waals surface area contributed by atoms with E-state index in [9.17, 15) is 4.79 Å². The maximum atomic E-state index is 12.3. The summed E-state index contributed by atoms with van der Waals surface area (Å²) in [4.78, 5) is 15.9. The number of carbonyl (C=O) groups is 1. The smallest absolute Gasteiger partial charge is 0.239 e. The number of halogens is 2. The molecule has 2 unspecified atom stereocenters. The van der Waals surface area contributed by atoms with Crippen LogP contribution in [0.4, 0.5) is 0 Å². The Labute approximate surface area is 159 Å². The van der Waals surface area contributed by atoms with Gasteiger partial charge in [-0.2, -0.15) is 0 Å². The van der Waals surface area contributed by atoms with Crippen LogP contribution in [0.1, 0.15) is 10.9 Å². The third-order valence-electron chi connectivity index (χ3n) is 4.07. The van der Waals surface area contributed by atoms with Crippen LogP contribution in [0.3, 0.4) is 0 Å². The molecular formula is C15H25Cl2N3O3S. The second-order valence-corrected chi connectivity index (χ2v) is 6.49. The predicted octanol–water partition coefficient (Wildman–Crippen LogP) is 1.07. The first-order valence-corrected chi connectivity index (χ1v) is 8.66. The molecule has 138 valence electrons. The highest BCUT2D eigenvalue weighted by Gasteiger charge is 2.26. The predicted molar refractivity (Wildman–Crippen MR) is 99.6 cm³/mol. The van der Waals surface area contributed by atoms with E-state index in [-0.39, 0.29) is 42.8 Å². The summed E-state index contributed by atoms with van der Waals surface area (Å²) in [6.07, 6.45) is 0. The quantitative estimate of drug-likeness (QED) is 0.777. The fourth-order valence-corrected chi connectivity index (χ4v) is 3.69. The van der Waals surface area contributed by atoms with Gasteiger partial charge in [-0.25, -0.2) is 0 Å². The van der Waals surface area contributed by atoms with E-state index in [1.807, 2.05) is 0 Å². The van der Waals surface area contributed by atoms with Crippen LogP contribution >= 0.6 is 36.2 Å². The van der Waals surface area contributed by atoms with Crippen molar-refractivity contribution in [2.45, 2.75) is 12.1 Å². The summed E-state index contributed by atoms with van der Waals surface area (Å²) >= 11 is 1.74. The normalized spacial score (nSPS) is 22.8. The van der Waals surface area contributed by atoms with Crippen molar-refractivity contribution in [2.24, 2.45) is 0 Å². The molecule has 2 N–H and O–H groups in total. The SMILES string of the molecule is Cl.Cl.O=C(NCC(c1cccs1)N1CCOCC1)C1COCCN1. The molecule has 2 aliphatic rings. The van der Waals surface area contributed by atoms with Gasteiger partial charge in [0, 0.05) is 31.1 Å². The van der Waals surface area contributed by atoms with Gasteiger partial charge in [-0.3, -0.25) is 9.69 Å². The second-order valence-electron chi connectivity index (χ2n) is 5.51. The molecule has 2 atom stereocenters. The maximum absolute atomic E-state index is 12.3. The first kappa shape index (κ1) is 21.6. The standard InChI is InChI=1S/C15H23N3O3S.2ClH/c19-15(12-11-21-6-3-16-12)17-10-13(14-2-1-9-22-14)18-4-7-20-8-5-18;;/h1-2,9,12-13,16H,3-8,10-11H2,(H,17,19);2*1H. The highest BCUT2D eigenvalue weighted by Crippen LogP contribution is 2.25. The van der Waals surface area contributed by atoms with Crippen LogP contribution in [0.25, 0.3) is 0 Å². The summed E-state index contributed by atoms with van der Waals surface area (Å²) in [5.74, 6) is 0.0227. The topological polar surface area (TPSA) is 62.8 Å². The molecule has 0 aliphatic carbocycles. The number of carbonyl (C=O) groups excluding carboxylic acids is 1. The Kier molecular flexibility index (Phi) is 10.1. The van der Waals surface area contributed by atoms with Crippen molar-refractivity contribution in [1.82, 2.24) is 15.5 Å². The van der Waals surface area contributed by atoms with Crippen molar-refractivity contribution < 1.29 is 14.3 Å². The molecule has 3 heterocycles. The van der Waals surface area contributed by atoms with E-state index in [4.69, 9.17) is 9.47 Å². The third kappa shape index (κ3) is 5.84. The number of hydrogen-bond acceptors (Lipinski definition) is 6. The average Bonchev–Trinajstić information content (AvgIpc) is 3.11. The molecule has 2 fully saturated rings. The van der Waals surface area contributed by atoms with E-state index in [0.29, 0.717) is 19.8 Å². The number of hydrogen-bond donors (Lipinski definition) is 2. The minimum absolute atomic E-state index is 0. The molecule has 0 saturated carbocycles. The maximum Gasteiger partial charge on any atom is 0.239 e. The Balaban J connectivity index is 0.00000144. The fourth-order valence-electron chi connectivity index (χ4n) is 2.83. The van der Waals surface area contributed by atoms with Gasteiger partial charge in [0.05, 0.1) is 32.5 Å². The van der Waals surface area contributed by atoms with Gasteiger partial charge in [0.15, 0.2) is 0 Å². The van der Waals surface area contributed by atoms with Crippen LogP contribution in [0.15, 0.2) is 17.5 Å². The zero-order chi connectivity index (χ0) is 15.2. The minimum atomic E-state index is -0.234. The monoisotopic (exact) mass is 397 g/mol. The van der Waals surface area contributed by atoms with Gasteiger partial charge in [-0.05, 0) is 11.4 Å². The van der Waals surface area contributed by atoms with Gasteiger partial charge in [0.1, 0.15) is 6.04 Å². The molecule has 0 spiro atoms. The number of nitrogens with zero attached hydrogens (tertiary/aromatic N) is 1. The molecule has 0 radical (unpaired) electrons. The van der Waals surface area contributed by atoms with Crippen LogP contribution < -0.4 is 10.6 Å². The summed E-state index contributed by atoms with van der Waals surface area (Å²) in [5, 5.41) is 8.35. The molecule has 2 saturated heterocycles. The van der Waals surface area contributed by atoms with Crippen molar-refractivity contribution in [2.75, 3.05) is 52.6 Å². The number of nitrogens with one attached hydrogen (secondary N) is 2. The number of morpholine rings is 2. The first-order chi connectivity index (χ1) is 10.8. The number of ether oxygens (including phenoxy) is 2. The molecule has 2 aliphatic heterocycles. The van der Waals surface area contributed by atoms with Gasteiger partial charge in [-0.1, -0.05) is 6.07 Å². The Morgan fingerprint density at radius 2 is 2.12 bits per heavy atom. The molecule has 9 heteroatoms. The zero-order valence-corrected chi connectivity index (χ0v) is 15.9. The van der Waals surface area contributed by atoms with E-state index in [1.54, 1.807) is 11.3 Å². The van der Waals surface area contributed by atoms with Crippen molar-refractivity contribution in [3.05, 3.63) is 22.4 Å². The lowest BCUT2D eigenvalue weighted by Crippen LogP contribution is -2.52. The minimum Gasteiger partial charge on any atom is -0.379 e. The number of amides is 1. The van der Waals surface area contributed by atoms with Gasteiger partial charge in [0.25, 0.3) is 0 Å². The zero-order valence-electron chi connectivity index (χ0n) is 13.4. The summed E-state index contributed by atoms with van der Waals surface area (Å²) in [6.45, 7) is 5.81. The van der Waals surface area contributed by atoms with Crippen molar-refractivity contribution in [3.8, 4) is 0 Å². The van der Waals surface area contributed by atoms with Gasteiger partial charge < -0.3 is 20.1 Å². The molecular weight excluding hydrogens is 373 g/mol. The Hall–Kier alpha value is -0.410.